The van der Waals surface area contributed by atoms with Gasteiger partial charge in [0.15, 0.2) is 5.58 Å². The average Bonchev–Trinajstić information content (AvgIpc) is 2.58. The molecule has 0 saturated carbocycles. The van der Waals surface area contributed by atoms with E-state index < -0.39 is 5.97 Å². The first-order valence-electron chi connectivity index (χ1n) is 4.79. The Morgan fingerprint density at radius 3 is 3.00 bits per heavy atom. The molecule has 0 aliphatic heterocycles. The van der Waals surface area contributed by atoms with Crippen LogP contribution in [0.1, 0.15) is 18.4 Å². The zero-order chi connectivity index (χ0) is 10.8. The molecule has 0 atom stereocenters. The van der Waals surface area contributed by atoms with Gasteiger partial charge in [0.2, 0.25) is 5.89 Å². The molecule has 0 aliphatic carbocycles. The normalized spacial score (nSPS) is 10.7. The molecule has 2 rings (SSSR count). The first kappa shape index (κ1) is 9.71. The third-order valence-corrected chi connectivity index (χ3v) is 2.22. The summed E-state index contributed by atoms with van der Waals surface area (Å²) < 4.78 is 5.41. The van der Waals surface area contributed by atoms with Gasteiger partial charge in [-0.25, -0.2) is 4.98 Å². The van der Waals surface area contributed by atoms with Crippen molar-refractivity contribution in [3.63, 3.8) is 0 Å². The van der Waals surface area contributed by atoms with Crippen molar-refractivity contribution in [2.75, 3.05) is 0 Å². The van der Waals surface area contributed by atoms with Crippen LogP contribution >= 0.6 is 0 Å². The molecule has 4 nitrogen and oxygen atoms in total. The van der Waals surface area contributed by atoms with Crippen LogP contribution in [-0.4, -0.2) is 16.1 Å². The average molecular weight is 205 g/mol. The maximum absolute atomic E-state index is 10.5. The Labute approximate surface area is 86.5 Å². The van der Waals surface area contributed by atoms with Gasteiger partial charge in [-0.1, -0.05) is 19.1 Å². The van der Waals surface area contributed by atoms with Crippen LogP contribution in [0.4, 0.5) is 0 Å². The van der Waals surface area contributed by atoms with Crippen LogP contribution in [0.25, 0.3) is 11.1 Å². The molecule has 78 valence electrons. The molecule has 0 fully saturated rings. The van der Waals surface area contributed by atoms with E-state index in [2.05, 4.69) is 4.98 Å². The van der Waals surface area contributed by atoms with Crippen LogP contribution in [0, 0.1) is 0 Å². The lowest BCUT2D eigenvalue weighted by Gasteiger charge is -1.94. The molecule has 15 heavy (non-hydrogen) atoms. The summed E-state index contributed by atoms with van der Waals surface area (Å²) >= 11 is 0. The van der Waals surface area contributed by atoms with E-state index >= 15 is 0 Å². The van der Waals surface area contributed by atoms with Crippen molar-refractivity contribution in [2.24, 2.45) is 0 Å². The van der Waals surface area contributed by atoms with Crippen molar-refractivity contribution >= 4 is 17.1 Å². The van der Waals surface area contributed by atoms with Gasteiger partial charge in [-0.2, -0.15) is 0 Å². The summed E-state index contributed by atoms with van der Waals surface area (Å²) in [5, 5.41) is 8.62. The fourth-order valence-electron chi connectivity index (χ4n) is 1.54. The molecule has 0 unspecified atom stereocenters. The van der Waals surface area contributed by atoms with E-state index in [1.54, 1.807) is 0 Å². The number of carboxylic acid groups (broad SMARTS) is 1. The zero-order valence-electron chi connectivity index (χ0n) is 8.36. The van der Waals surface area contributed by atoms with Gasteiger partial charge in [0.25, 0.3) is 0 Å². The van der Waals surface area contributed by atoms with Crippen LogP contribution in [0.2, 0.25) is 0 Å². The Kier molecular flexibility index (Phi) is 2.41. The van der Waals surface area contributed by atoms with Gasteiger partial charge in [0.05, 0.1) is 0 Å². The van der Waals surface area contributed by atoms with Crippen molar-refractivity contribution in [3.05, 3.63) is 29.7 Å². The predicted octanol–water partition coefficient (Wildman–Crippen LogP) is 2.02. The number of aromatic nitrogens is 1. The summed E-state index contributed by atoms with van der Waals surface area (Å²) in [6.45, 7) is 2.02. The fourth-order valence-corrected chi connectivity index (χ4v) is 1.54. The number of carbonyl (C=O) groups is 1. The molecule has 1 N–H and O–H groups in total. The number of fused-ring (bicyclic) bond motifs is 1. The number of rotatable bonds is 3. The Balaban J connectivity index is 2.50. The minimum Gasteiger partial charge on any atom is -0.481 e. The quantitative estimate of drug-likeness (QED) is 0.832. The third kappa shape index (κ3) is 1.83. The van der Waals surface area contributed by atoms with E-state index in [9.17, 15) is 4.79 Å². The smallest absolute Gasteiger partial charge is 0.312 e. The second-order valence-electron chi connectivity index (χ2n) is 3.30. The molecule has 0 amide bonds. The highest BCUT2D eigenvalue weighted by molar-refractivity contribution is 5.77. The highest BCUT2D eigenvalue weighted by atomic mass is 16.4. The number of benzene rings is 1. The van der Waals surface area contributed by atoms with Crippen LogP contribution < -0.4 is 0 Å². The lowest BCUT2D eigenvalue weighted by atomic mass is 10.1. The predicted molar refractivity (Wildman–Crippen MR) is 54.7 cm³/mol. The zero-order valence-corrected chi connectivity index (χ0v) is 8.36. The summed E-state index contributed by atoms with van der Waals surface area (Å²) in [5.74, 6) is -0.669. The van der Waals surface area contributed by atoms with Crippen molar-refractivity contribution < 1.29 is 14.3 Å². The fraction of sp³-hybridized carbons (Fsp3) is 0.273. The summed E-state index contributed by atoms with van der Waals surface area (Å²) in [5.41, 5.74) is 2.48. The van der Waals surface area contributed by atoms with E-state index in [-0.39, 0.29) is 12.3 Å². The summed E-state index contributed by atoms with van der Waals surface area (Å²) in [6, 6.07) is 5.68. The number of aryl methyl sites for hydroxylation is 1. The van der Waals surface area contributed by atoms with Crippen molar-refractivity contribution in [1.29, 1.82) is 0 Å². The molecule has 0 radical (unpaired) electrons. The third-order valence-electron chi connectivity index (χ3n) is 2.22. The second-order valence-corrected chi connectivity index (χ2v) is 3.30. The van der Waals surface area contributed by atoms with Gasteiger partial charge in [-0.15, -0.1) is 0 Å². The summed E-state index contributed by atoms with van der Waals surface area (Å²) in [7, 11) is 0. The standard InChI is InChI=1S/C11H11NO3/c1-2-7-4-3-5-8-11(7)15-9(12-8)6-10(13)14/h3-5H,2,6H2,1H3,(H,13,14). The summed E-state index contributed by atoms with van der Waals surface area (Å²) in [4.78, 5) is 14.6. The molecular formula is C11H11NO3. The first-order valence-corrected chi connectivity index (χ1v) is 4.79. The number of nitrogens with zero attached hydrogens (tertiary/aromatic N) is 1. The highest BCUT2D eigenvalue weighted by Gasteiger charge is 2.11. The molecule has 0 aliphatic rings. The maximum atomic E-state index is 10.5. The molecule has 2 aromatic rings. The van der Waals surface area contributed by atoms with Gasteiger partial charge >= 0.3 is 5.97 Å². The Hall–Kier alpha value is -1.84. The van der Waals surface area contributed by atoms with Crippen LogP contribution in [0.15, 0.2) is 22.6 Å². The molecule has 0 spiro atoms. The number of aliphatic carboxylic acids is 1. The molecule has 0 bridgehead atoms. The van der Waals surface area contributed by atoms with E-state index in [1.165, 1.54) is 0 Å². The van der Waals surface area contributed by atoms with Crippen molar-refractivity contribution in [2.45, 2.75) is 19.8 Å². The summed E-state index contributed by atoms with van der Waals surface area (Å²) in [6.07, 6.45) is 0.677. The number of carboxylic acids is 1. The Morgan fingerprint density at radius 2 is 2.33 bits per heavy atom. The Bertz CT molecular complexity index is 502. The SMILES string of the molecule is CCc1cccc2nc(CC(=O)O)oc12. The van der Waals surface area contributed by atoms with E-state index in [4.69, 9.17) is 9.52 Å². The molecule has 1 heterocycles. The van der Waals surface area contributed by atoms with Gasteiger partial charge in [0.1, 0.15) is 11.9 Å². The van der Waals surface area contributed by atoms with Crippen molar-refractivity contribution in [1.82, 2.24) is 4.98 Å². The van der Waals surface area contributed by atoms with Crippen LogP contribution in [-0.2, 0) is 17.6 Å². The van der Waals surface area contributed by atoms with Crippen LogP contribution in [0.5, 0.6) is 0 Å². The minimum atomic E-state index is -0.931. The number of hydrogen-bond acceptors (Lipinski definition) is 3. The van der Waals surface area contributed by atoms with Gasteiger partial charge < -0.3 is 9.52 Å². The van der Waals surface area contributed by atoms with Crippen LogP contribution in [0.3, 0.4) is 0 Å². The lowest BCUT2D eigenvalue weighted by molar-refractivity contribution is -0.136. The van der Waals surface area contributed by atoms with Gasteiger partial charge in [-0.3, -0.25) is 4.79 Å². The minimum absolute atomic E-state index is 0.169. The monoisotopic (exact) mass is 205 g/mol. The second kappa shape index (κ2) is 3.73. The topological polar surface area (TPSA) is 63.3 Å². The Morgan fingerprint density at radius 1 is 1.53 bits per heavy atom. The number of hydrogen-bond donors (Lipinski definition) is 1. The first-order chi connectivity index (χ1) is 7.20. The van der Waals surface area contributed by atoms with Gasteiger partial charge in [-0.05, 0) is 18.1 Å². The highest BCUT2D eigenvalue weighted by Crippen LogP contribution is 2.20. The molecular weight excluding hydrogens is 194 g/mol. The van der Waals surface area contributed by atoms with E-state index in [0.717, 1.165) is 17.5 Å². The van der Waals surface area contributed by atoms with Crippen molar-refractivity contribution in [3.8, 4) is 0 Å². The van der Waals surface area contributed by atoms with E-state index in [1.807, 2.05) is 25.1 Å². The number of oxazole rings is 1. The molecule has 1 aromatic carbocycles. The number of para-hydroxylation sites is 1. The molecule has 1 aromatic heterocycles. The molecule has 4 heteroatoms. The molecule has 0 saturated heterocycles. The largest absolute Gasteiger partial charge is 0.481 e. The van der Waals surface area contributed by atoms with E-state index in [0.29, 0.717) is 5.58 Å². The maximum Gasteiger partial charge on any atom is 0.312 e. The van der Waals surface area contributed by atoms with Gasteiger partial charge in [0, 0.05) is 0 Å². The lowest BCUT2D eigenvalue weighted by Crippen LogP contribution is -1.99.